The molecule has 0 aliphatic carbocycles. The summed E-state index contributed by atoms with van der Waals surface area (Å²) < 4.78 is 13.5. The number of anilines is 1. The average Bonchev–Trinajstić information content (AvgIpc) is 2.69. The molecule has 0 aromatic heterocycles. The first-order chi connectivity index (χ1) is 13.0. The Labute approximate surface area is 161 Å². The van der Waals surface area contributed by atoms with Crippen LogP contribution in [0, 0.1) is 5.82 Å². The summed E-state index contributed by atoms with van der Waals surface area (Å²) >= 11 is 0. The Bertz CT molecular complexity index is 927. The van der Waals surface area contributed by atoms with Crippen LogP contribution >= 0.6 is 0 Å². The molecule has 0 saturated carbocycles. The van der Waals surface area contributed by atoms with E-state index >= 15 is 0 Å². The molecule has 1 aliphatic heterocycles. The molecule has 0 saturated heterocycles. The molecule has 27 heavy (non-hydrogen) atoms. The Morgan fingerprint density at radius 3 is 2.22 bits per heavy atom. The van der Waals surface area contributed by atoms with Crippen LogP contribution in [0.2, 0.25) is 0 Å². The predicted molar refractivity (Wildman–Crippen MR) is 111 cm³/mol. The molecule has 1 unspecified atom stereocenters. The van der Waals surface area contributed by atoms with E-state index in [2.05, 4.69) is 74.2 Å². The lowest BCUT2D eigenvalue weighted by molar-refractivity contribution is 0.489. The van der Waals surface area contributed by atoms with Crippen molar-refractivity contribution in [3.63, 3.8) is 0 Å². The third-order valence-corrected chi connectivity index (χ3v) is 5.96. The van der Waals surface area contributed by atoms with Gasteiger partial charge in [0.25, 0.3) is 0 Å². The highest BCUT2D eigenvalue weighted by molar-refractivity contribution is 5.59. The molecule has 0 radical (unpaired) electrons. The minimum absolute atomic E-state index is 0.195. The van der Waals surface area contributed by atoms with Gasteiger partial charge in [-0.15, -0.1) is 0 Å². The molecular formula is C25H26FN. The normalized spacial score (nSPS) is 19.2. The monoisotopic (exact) mass is 359 g/mol. The topological polar surface area (TPSA) is 3.24 Å². The number of hydrogen-bond acceptors (Lipinski definition) is 1. The van der Waals surface area contributed by atoms with Crippen molar-refractivity contribution in [3.05, 3.63) is 101 Å². The maximum atomic E-state index is 13.5. The molecule has 1 heterocycles. The van der Waals surface area contributed by atoms with Gasteiger partial charge in [0.2, 0.25) is 0 Å². The molecule has 0 N–H and O–H groups in total. The lowest BCUT2D eigenvalue weighted by Crippen LogP contribution is -2.49. The lowest BCUT2D eigenvalue weighted by Gasteiger charge is -2.48. The van der Waals surface area contributed by atoms with Crippen molar-refractivity contribution >= 4 is 5.69 Å². The minimum Gasteiger partial charge on any atom is -0.358 e. The van der Waals surface area contributed by atoms with E-state index in [1.54, 1.807) is 12.1 Å². The Kier molecular flexibility index (Phi) is 4.51. The second-order valence-electron chi connectivity index (χ2n) is 7.88. The largest absolute Gasteiger partial charge is 0.358 e. The van der Waals surface area contributed by atoms with Crippen LogP contribution in [0.1, 0.15) is 48.9 Å². The van der Waals surface area contributed by atoms with Crippen LogP contribution in [0.5, 0.6) is 0 Å². The number of nitrogens with zero attached hydrogens (tertiary/aromatic N) is 1. The summed E-state index contributed by atoms with van der Waals surface area (Å²) in [4.78, 5) is 2.42. The Hall–Kier alpha value is -2.61. The molecule has 0 amide bonds. The molecule has 1 atom stereocenters. The first-order valence-electron chi connectivity index (χ1n) is 9.72. The third kappa shape index (κ3) is 3.03. The predicted octanol–water partition coefficient (Wildman–Crippen LogP) is 6.28. The third-order valence-electron chi connectivity index (χ3n) is 5.96. The van der Waals surface area contributed by atoms with Crippen LogP contribution in [0.25, 0.3) is 0 Å². The van der Waals surface area contributed by atoms with Gasteiger partial charge in [0, 0.05) is 12.2 Å². The fraction of sp³-hybridized carbons (Fsp3) is 0.280. The van der Waals surface area contributed by atoms with E-state index in [9.17, 15) is 4.39 Å². The van der Waals surface area contributed by atoms with Gasteiger partial charge in [-0.2, -0.15) is 0 Å². The van der Waals surface area contributed by atoms with Gasteiger partial charge in [-0.3, -0.25) is 0 Å². The van der Waals surface area contributed by atoms with Crippen molar-refractivity contribution in [1.29, 1.82) is 0 Å². The van der Waals surface area contributed by atoms with Gasteiger partial charge in [-0.1, -0.05) is 62.4 Å². The summed E-state index contributed by atoms with van der Waals surface area (Å²) in [6.07, 6.45) is 0.993. The summed E-state index contributed by atoms with van der Waals surface area (Å²) in [7, 11) is 0. The second kappa shape index (κ2) is 6.84. The molecule has 138 valence electrons. The van der Waals surface area contributed by atoms with Gasteiger partial charge in [-0.05, 0) is 65.8 Å². The quantitative estimate of drug-likeness (QED) is 0.532. The molecule has 0 bridgehead atoms. The average molecular weight is 359 g/mol. The summed E-state index contributed by atoms with van der Waals surface area (Å²) in [5.41, 5.74) is 6.11. The van der Waals surface area contributed by atoms with E-state index in [-0.39, 0.29) is 11.4 Å². The highest BCUT2D eigenvalue weighted by Gasteiger charge is 2.40. The summed E-state index contributed by atoms with van der Waals surface area (Å²) in [5, 5.41) is 0. The van der Waals surface area contributed by atoms with Crippen LogP contribution in [-0.4, -0.2) is 6.54 Å². The molecule has 2 heteroatoms. The zero-order valence-electron chi connectivity index (χ0n) is 16.2. The molecule has 1 aliphatic rings. The number of rotatable bonds is 3. The Balaban J connectivity index is 1.88. The highest BCUT2D eigenvalue weighted by Crippen LogP contribution is 2.43. The highest BCUT2D eigenvalue weighted by atomic mass is 19.1. The van der Waals surface area contributed by atoms with Gasteiger partial charge in [-0.25, -0.2) is 4.39 Å². The van der Waals surface area contributed by atoms with Crippen molar-refractivity contribution < 1.29 is 4.39 Å². The van der Waals surface area contributed by atoms with Gasteiger partial charge in [0.1, 0.15) is 5.82 Å². The maximum absolute atomic E-state index is 13.5. The number of fused-ring (bicyclic) bond motifs is 1. The maximum Gasteiger partial charge on any atom is 0.123 e. The van der Waals surface area contributed by atoms with Crippen molar-refractivity contribution in [3.8, 4) is 0 Å². The molecule has 3 aromatic carbocycles. The van der Waals surface area contributed by atoms with E-state index in [1.807, 2.05) is 12.1 Å². The van der Waals surface area contributed by atoms with E-state index < -0.39 is 0 Å². The summed E-state index contributed by atoms with van der Waals surface area (Å²) in [6, 6.07) is 24.6. The first-order valence-corrected chi connectivity index (χ1v) is 9.72. The molecular weight excluding hydrogens is 333 g/mol. The molecule has 0 fully saturated rings. The zero-order chi connectivity index (χ0) is 19.0. The van der Waals surface area contributed by atoms with Gasteiger partial charge in [0.15, 0.2) is 0 Å². The number of benzene rings is 3. The van der Waals surface area contributed by atoms with Crippen LogP contribution in [0.4, 0.5) is 10.1 Å². The van der Waals surface area contributed by atoms with Gasteiger partial charge < -0.3 is 4.90 Å². The van der Waals surface area contributed by atoms with E-state index in [0.29, 0.717) is 5.92 Å². The molecule has 3 aromatic rings. The Morgan fingerprint density at radius 1 is 0.889 bits per heavy atom. The Morgan fingerprint density at radius 2 is 1.56 bits per heavy atom. The van der Waals surface area contributed by atoms with Gasteiger partial charge >= 0.3 is 0 Å². The molecule has 4 rings (SSSR count). The second-order valence-corrected chi connectivity index (χ2v) is 7.88. The van der Waals surface area contributed by atoms with E-state index in [1.165, 1.54) is 22.3 Å². The van der Waals surface area contributed by atoms with Crippen molar-refractivity contribution in [2.75, 3.05) is 11.4 Å². The summed E-state index contributed by atoms with van der Waals surface area (Å²) in [6.45, 7) is 7.64. The number of hydrogen-bond donors (Lipinski definition) is 0. The van der Waals surface area contributed by atoms with Crippen molar-refractivity contribution in [2.24, 2.45) is 0 Å². The summed E-state index contributed by atoms with van der Waals surface area (Å²) in [5.74, 6) is 0.317. The smallest absolute Gasteiger partial charge is 0.123 e. The number of halogens is 1. The SMILES string of the molecule is CC(C)c1ccc(C2(C)c3ccccc3CCN2c2ccc(F)cc2)cc1. The fourth-order valence-electron chi connectivity index (χ4n) is 4.33. The molecule has 0 spiro atoms. The molecule has 1 nitrogen and oxygen atoms in total. The van der Waals surface area contributed by atoms with Crippen molar-refractivity contribution in [1.82, 2.24) is 0 Å². The first kappa shape index (κ1) is 17.8. The zero-order valence-corrected chi connectivity index (χ0v) is 16.2. The van der Waals surface area contributed by atoms with Crippen LogP contribution in [0.3, 0.4) is 0 Å². The van der Waals surface area contributed by atoms with Crippen molar-refractivity contribution in [2.45, 2.75) is 38.6 Å². The van der Waals surface area contributed by atoms with Gasteiger partial charge in [0.05, 0.1) is 5.54 Å². The lowest BCUT2D eigenvalue weighted by atomic mass is 9.76. The van der Waals surface area contributed by atoms with Crippen LogP contribution in [-0.2, 0) is 12.0 Å². The van der Waals surface area contributed by atoms with E-state index in [0.717, 1.165) is 18.7 Å². The van der Waals surface area contributed by atoms with Crippen LogP contribution in [0.15, 0.2) is 72.8 Å². The standard InChI is InChI=1S/C25H26FN/c1-18(2)19-8-10-21(11-9-19)25(3)24-7-5-4-6-20(24)16-17-27(25)23-14-12-22(26)13-15-23/h4-15,18H,16-17H2,1-3H3. The van der Waals surface area contributed by atoms with Crippen LogP contribution < -0.4 is 4.90 Å². The fourth-order valence-corrected chi connectivity index (χ4v) is 4.33. The minimum atomic E-state index is -0.290. The van der Waals surface area contributed by atoms with E-state index in [4.69, 9.17) is 0 Å².